The molecule has 0 radical (unpaired) electrons. The standard InChI is InChI=1S/C31H40BrN3O9S/c1-6-19-15-31(19,28(38)42-5)34-26(36)24-14-22(44-45(40,41)23-9-7-20(32)8-10-23)16-35(24)27(37)25(30(2,3)4)33-29(39)43-21-12-17-11-18(17)13-21/h6-10,17-19,21-22,24-25H,1,11-16H2,2-5H3,(H,33,39)(H,34,36)/t17-,18+,19-,21?,22+,24?,25-,31-/m1/s1. The molecule has 0 bridgehead atoms. The largest absolute Gasteiger partial charge is 0.467 e. The van der Waals surface area contributed by atoms with E-state index in [1.807, 2.05) is 0 Å². The first-order chi connectivity index (χ1) is 21.1. The van der Waals surface area contributed by atoms with Crippen LogP contribution in [0.3, 0.4) is 0 Å². The number of hydrogen-bond acceptors (Lipinski definition) is 9. The van der Waals surface area contributed by atoms with Crippen LogP contribution in [0, 0.1) is 23.2 Å². The second kappa shape index (κ2) is 12.3. The molecule has 1 aromatic carbocycles. The fraction of sp³-hybridized carbons (Fsp3) is 0.613. The summed E-state index contributed by atoms with van der Waals surface area (Å²) in [4.78, 5) is 54.8. The van der Waals surface area contributed by atoms with Crippen molar-refractivity contribution in [3.05, 3.63) is 41.4 Å². The van der Waals surface area contributed by atoms with Gasteiger partial charge >= 0.3 is 12.1 Å². The first-order valence-electron chi connectivity index (χ1n) is 15.1. The molecule has 3 aliphatic carbocycles. The fourth-order valence-electron chi connectivity index (χ4n) is 6.56. The zero-order chi connectivity index (χ0) is 32.9. The van der Waals surface area contributed by atoms with Gasteiger partial charge in [-0.25, -0.2) is 9.59 Å². The summed E-state index contributed by atoms with van der Waals surface area (Å²) in [5, 5.41) is 5.45. The monoisotopic (exact) mass is 709 g/mol. The maximum Gasteiger partial charge on any atom is 0.408 e. The van der Waals surface area contributed by atoms with Crippen LogP contribution in [-0.4, -0.2) is 80.7 Å². The molecule has 4 fully saturated rings. The Morgan fingerprint density at radius 3 is 2.27 bits per heavy atom. The molecule has 14 heteroatoms. The summed E-state index contributed by atoms with van der Waals surface area (Å²) in [7, 11) is -3.05. The third-order valence-electron chi connectivity index (χ3n) is 9.26. The summed E-state index contributed by atoms with van der Waals surface area (Å²) in [6.45, 7) is 8.77. The van der Waals surface area contributed by atoms with E-state index in [-0.39, 0.29) is 36.3 Å². The van der Waals surface area contributed by atoms with Gasteiger partial charge in [-0.3, -0.25) is 13.8 Å². The van der Waals surface area contributed by atoms with E-state index >= 15 is 0 Å². The zero-order valence-electron chi connectivity index (χ0n) is 25.8. The number of carbonyl (C=O) groups excluding carboxylic acids is 4. The van der Waals surface area contributed by atoms with E-state index in [0.29, 0.717) is 16.3 Å². The molecule has 2 N–H and O–H groups in total. The Hall–Kier alpha value is -2.97. The first-order valence-corrected chi connectivity index (χ1v) is 17.3. The van der Waals surface area contributed by atoms with Crippen molar-refractivity contribution in [2.45, 2.75) is 87.6 Å². The lowest BCUT2D eigenvalue weighted by atomic mass is 9.85. The number of carbonyl (C=O) groups is 4. The molecule has 0 spiro atoms. The molecule has 45 heavy (non-hydrogen) atoms. The van der Waals surface area contributed by atoms with Gasteiger partial charge in [0.05, 0.1) is 18.1 Å². The lowest BCUT2D eigenvalue weighted by Crippen LogP contribution is -2.59. The summed E-state index contributed by atoms with van der Waals surface area (Å²) in [5.74, 6) is -1.11. The number of methoxy groups -OCH3 is 1. The van der Waals surface area contributed by atoms with Crippen LogP contribution < -0.4 is 10.6 Å². The van der Waals surface area contributed by atoms with Gasteiger partial charge in [0, 0.05) is 23.4 Å². The molecule has 0 aromatic heterocycles. The summed E-state index contributed by atoms with van der Waals surface area (Å²) >= 11 is 3.27. The van der Waals surface area contributed by atoms with E-state index in [4.69, 9.17) is 13.7 Å². The van der Waals surface area contributed by atoms with Crippen LogP contribution in [0.25, 0.3) is 0 Å². The second-order valence-corrected chi connectivity index (χ2v) is 16.1. The van der Waals surface area contributed by atoms with Gasteiger partial charge in [-0.15, -0.1) is 6.58 Å². The summed E-state index contributed by atoms with van der Waals surface area (Å²) in [6.07, 6.45) is 2.40. The molecule has 3 saturated carbocycles. The highest BCUT2D eigenvalue weighted by Gasteiger charge is 2.62. The van der Waals surface area contributed by atoms with Crippen LogP contribution in [0.1, 0.15) is 52.9 Å². The third-order valence-corrected chi connectivity index (χ3v) is 11.2. The van der Waals surface area contributed by atoms with E-state index in [0.717, 1.165) is 19.3 Å². The Bertz CT molecular complexity index is 1470. The average molecular weight is 711 g/mol. The van der Waals surface area contributed by atoms with Crippen LogP contribution in [0.4, 0.5) is 4.79 Å². The van der Waals surface area contributed by atoms with Crippen LogP contribution in [-0.2, 0) is 38.2 Å². The van der Waals surface area contributed by atoms with Crippen molar-refractivity contribution in [2.24, 2.45) is 23.2 Å². The van der Waals surface area contributed by atoms with Crippen LogP contribution in [0.2, 0.25) is 0 Å². The van der Waals surface area contributed by atoms with Crippen molar-refractivity contribution in [3.8, 4) is 0 Å². The van der Waals surface area contributed by atoms with Gasteiger partial charge in [0.1, 0.15) is 23.7 Å². The van der Waals surface area contributed by atoms with Crippen molar-refractivity contribution in [3.63, 3.8) is 0 Å². The molecule has 8 atom stereocenters. The highest BCUT2D eigenvalue weighted by atomic mass is 79.9. The van der Waals surface area contributed by atoms with Gasteiger partial charge in [-0.05, 0) is 67.2 Å². The number of amides is 3. The Balaban J connectivity index is 1.37. The number of likely N-dealkylation sites (tertiary alicyclic amines) is 1. The van der Waals surface area contributed by atoms with E-state index in [9.17, 15) is 27.6 Å². The number of nitrogens with zero attached hydrogens (tertiary/aromatic N) is 1. The Labute approximate surface area is 271 Å². The summed E-state index contributed by atoms with van der Waals surface area (Å²) < 4.78 is 43.1. The summed E-state index contributed by atoms with van der Waals surface area (Å²) in [6, 6.07) is 3.55. The van der Waals surface area contributed by atoms with E-state index in [1.54, 1.807) is 39.0 Å². The van der Waals surface area contributed by atoms with Gasteiger partial charge in [-0.1, -0.05) is 42.8 Å². The molecule has 4 aliphatic rings. The van der Waals surface area contributed by atoms with Crippen LogP contribution >= 0.6 is 15.9 Å². The molecule has 2 unspecified atom stereocenters. The Kier molecular flexibility index (Phi) is 9.15. The molecule has 1 heterocycles. The van der Waals surface area contributed by atoms with E-state index in [2.05, 4.69) is 33.1 Å². The predicted octanol–water partition coefficient (Wildman–Crippen LogP) is 3.30. The number of hydrogen-bond donors (Lipinski definition) is 2. The minimum absolute atomic E-state index is 0.0885. The van der Waals surface area contributed by atoms with Gasteiger partial charge < -0.3 is 25.0 Å². The molecular formula is C31H40BrN3O9S. The van der Waals surface area contributed by atoms with Crippen molar-refractivity contribution >= 4 is 49.9 Å². The Morgan fingerprint density at radius 1 is 1.07 bits per heavy atom. The number of rotatable bonds is 10. The molecule has 1 saturated heterocycles. The van der Waals surface area contributed by atoms with Crippen molar-refractivity contribution in [1.29, 1.82) is 0 Å². The fourth-order valence-corrected chi connectivity index (χ4v) is 7.90. The first kappa shape index (κ1) is 33.4. The van der Waals surface area contributed by atoms with E-state index < -0.39 is 63.1 Å². The molecule has 3 amide bonds. The number of nitrogens with one attached hydrogen (secondary N) is 2. The third kappa shape index (κ3) is 7.07. The van der Waals surface area contributed by atoms with Crippen molar-refractivity contribution in [1.82, 2.24) is 15.5 Å². The van der Waals surface area contributed by atoms with Crippen LogP contribution in [0.15, 0.2) is 46.3 Å². The van der Waals surface area contributed by atoms with Crippen molar-refractivity contribution < 1.29 is 41.3 Å². The zero-order valence-corrected chi connectivity index (χ0v) is 28.2. The average Bonchev–Trinajstić information content (AvgIpc) is 3.78. The van der Waals surface area contributed by atoms with Gasteiger partial charge in [0.2, 0.25) is 11.8 Å². The normalized spacial score (nSPS) is 30.9. The number of benzene rings is 1. The predicted molar refractivity (Wildman–Crippen MR) is 165 cm³/mol. The summed E-state index contributed by atoms with van der Waals surface area (Å²) in [5.41, 5.74) is -2.15. The molecule has 246 valence electrons. The maximum atomic E-state index is 14.2. The number of fused-ring (bicyclic) bond motifs is 1. The molecule has 1 aromatic rings. The smallest absolute Gasteiger partial charge is 0.408 e. The topological polar surface area (TPSA) is 157 Å². The lowest BCUT2D eigenvalue weighted by molar-refractivity contribution is -0.148. The number of halogens is 1. The maximum absolute atomic E-state index is 14.2. The minimum atomic E-state index is -4.26. The molecular weight excluding hydrogens is 670 g/mol. The van der Waals surface area contributed by atoms with Gasteiger partial charge in [0.15, 0.2) is 0 Å². The number of ether oxygens (including phenoxy) is 2. The number of alkyl carbamates (subject to hydrolysis) is 1. The highest BCUT2D eigenvalue weighted by Crippen LogP contribution is 2.52. The van der Waals surface area contributed by atoms with E-state index in [1.165, 1.54) is 24.1 Å². The van der Waals surface area contributed by atoms with Gasteiger partial charge in [-0.2, -0.15) is 8.42 Å². The lowest BCUT2D eigenvalue weighted by Gasteiger charge is -2.35. The highest BCUT2D eigenvalue weighted by molar-refractivity contribution is 9.10. The van der Waals surface area contributed by atoms with Crippen LogP contribution in [0.5, 0.6) is 0 Å². The quantitative estimate of drug-likeness (QED) is 0.211. The van der Waals surface area contributed by atoms with Crippen molar-refractivity contribution in [2.75, 3.05) is 13.7 Å². The molecule has 1 aliphatic heterocycles. The SMILES string of the molecule is C=C[C@@H]1C[C@]1(NC(=O)C1C[C@H](OS(=O)(=O)c2ccc(Br)cc2)CN1C(=O)[C@@H](NC(=O)OC1C[C@@H]2C[C@@H]2C1)C(C)(C)C)C(=O)OC. The number of esters is 1. The second-order valence-electron chi connectivity index (χ2n) is 13.6. The Morgan fingerprint density at radius 2 is 1.71 bits per heavy atom. The molecule has 12 nitrogen and oxygen atoms in total. The van der Waals surface area contributed by atoms with Gasteiger partial charge in [0.25, 0.3) is 10.1 Å². The minimum Gasteiger partial charge on any atom is -0.467 e. The molecule has 5 rings (SSSR count).